The van der Waals surface area contributed by atoms with Gasteiger partial charge in [0.05, 0.1) is 11.5 Å². The first-order valence-corrected chi connectivity index (χ1v) is 8.68. The van der Waals surface area contributed by atoms with Gasteiger partial charge in [-0.25, -0.2) is 0 Å². The lowest BCUT2D eigenvalue weighted by Gasteiger charge is -2.26. The highest BCUT2D eigenvalue weighted by atomic mass is 16.2. The molecule has 5 heteroatoms. The molecular weight excluding hydrogens is 300 g/mol. The molecule has 0 aromatic heterocycles. The van der Waals surface area contributed by atoms with Crippen molar-refractivity contribution in [3.05, 3.63) is 35.4 Å². The molecule has 134 valence electrons. The van der Waals surface area contributed by atoms with Crippen LogP contribution in [0.5, 0.6) is 0 Å². The van der Waals surface area contributed by atoms with Crippen LogP contribution in [0.3, 0.4) is 0 Å². The second kappa shape index (κ2) is 9.30. The van der Waals surface area contributed by atoms with E-state index in [-0.39, 0.29) is 11.9 Å². The largest absolute Gasteiger partial charge is 0.356 e. The monoisotopic (exact) mass is 332 g/mol. The number of carbonyl (C=O) groups is 1. The Labute approximate surface area is 146 Å². The molecule has 0 saturated heterocycles. The van der Waals surface area contributed by atoms with Gasteiger partial charge in [-0.3, -0.25) is 9.79 Å². The summed E-state index contributed by atoms with van der Waals surface area (Å²) in [6.07, 6.45) is 1.04. The molecule has 1 aromatic carbocycles. The lowest BCUT2D eigenvalue weighted by atomic mass is 9.92. The molecule has 5 nitrogen and oxygen atoms in total. The van der Waals surface area contributed by atoms with Crippen LogP contribution in [-0.4, -0.2) is 32.0 Å². The Hall–Kier alpha value is -2.04. The normalized spacial score (nSPS) is 13.3. The zero-order valence-corrected chi connectivity index (χ0v) is 15.9. The molecule has 24 heavy (non-hydrogen) atoms. The molecule has 0 aliphatic rings. The molecule has 0 spiro atoms. The standard InChI is InChI=1S/C19H32N4O/c1-7-15-9-11-16(12-10-15)14(3)23-18(20-6)22-13-19(4,5)17(24)21-8-2/h9-12,14H,7-8,13H2,1-6H3,(H,21,24)(H2,20,22,23). The van der Waals surface area contributed by atoms with Crippen molar-refractivity contribution in [1.29, 1.82) is 0 Å². The van der Waals surface area contributed by atoms with Crippen LogP contribution < -0.4 is 16.0 Å². The molecule has 0 aliphatic carbocycles. The summed E-state index contributed by atoms with van der Waals surface area (Å²) < 4.78 is 0. The van der Waals surface area contributed by atoms with E-state index in [1.807, 2.05) is 20.8 Å². The maximum atomic E-state index is 12.1. The minimum Gasteiger partial charge on any atom is -0.356 e. The van der Waals surface area contributed by atoms with Crippen molar-refractivity contribution in [2.24, 2.45) is 10.4 Å². The van der Waals surface area contributed by atoms with Crippen LogP contribution in [0, 0.1) is 5.41 Å². The van der Waals surface area contributed by atoms with E-state index in [4.69, 9.17) is 0 Å². The van der Waals surface area contributed by atoms with Gasteiger partial charge in [0.15, 0.2) is 5.96 Å². The number of guanidine groups is 1. The second-order valence-electron chi connectivity index (χ2n) is 6.63. The molecular formula is C19H32N4O. The minimum atomic E-state index is -0.500. The molecule has 0 saturated carbocycles. The van der Waals surface area contributed by atoms with E-state index in [1.54, 1.807) is 7.05 Å². The van der Waals surface area contributed by atoms with E-state index in [9.17, 15) is 4.79 Å². The average Bonchev–Trinajstić information content (AvgIpc) is 2.58. The van der Waals surface area contributed by atoms with Crippen LogP contribution in [0.4, 0.5) is 0 Å². The van der Waals surface area contributed by atoms with Crippen LogP contribution >= 0.6 is 0 Å². The first kappa shape index (κ1) is 20.0. The van der Waals surface area contributed by atoms with Crippen molar-refractivity contribution in [2.75, 3.05) is 20.1 Å². The number of hydrogen-bond donors (Lipinski definition) is 3. The third kappa shape index (κ3) is 5.87. The minimum absolute atomic E-state index is 0.0381. The summed E-state index contributed by atoms with van der Waals surface area (Å²) in [6.45, 7) is 11.2. The first-order valence-electron chi connectivity index (χ1n) is 8.68. The number of aliphatic imine (C=N–C) groups is 1. The Balaban J connectivity index is 2.62. The van der Waals surface area contributed by atoms with Crippen molar-refractivity contribution < 1.29 is 4.79 Å². The Morgan fingerprint density at radius 2 is 1.79 bits per heavy atom. The van der Waals surface area contributed by atoms with Crippen LogP contribution in [0.15, 0.2) is 29.3 Å². The van der Waals surface area contributed by atoms with Gasteiger partial charge < -0.3 is 16.0 Å². The Kier molecular flexibility index (Phi) is 7.75. The first-order chi connectivity index (χ1) is 11.3. The van der Waals surface area contributed by atoms with E-state index in [2.05, 4.69) is 59.1 Å². The molecule has 0 bridgehead atoms. The number of carbonyl (C=O) groups excluding carboxylic acids is 1. The van der Waals surface area contributed by atoms with Crippen molar-refractivity contribution in [3.8, 4) is 0 Å². The van der Waals surface area contributed by atoms with Crippen molar-refractivity contribution in [2.45, 2.75) is 47.1 Å². The maximum absolute atomic E-state index is 12.1. The highest BCUT2D eigenvalue weighted by Crippen LogP contribution is 2.15. The van der Waals surface area contributed by atoms with Gasteiger partial charge in [0.1, 0.15) is 0 Å². The summed E-state index contributed by atoms with van der Waals surface area (Å²) in [5.74, 6) is 0.732. The van der Waals surface area contributed by atoms with Crippen molar-refractivity contribution in [1.82, 2.24) is 16.0 Å². The van der Waals surface area contributed by atoms with Gasteiger partial charge in [-0.15, -0.1) is 0 Å². The lowest BCUT2D eigenvalue weighted by Crippen LogP contribution is -2.48. The van der Waals surface area contributed by atoms with Gasteiger partial charge in [0.25, 0.3) is 0 Å². The van der Waals surface area contributed by atoms with Crippen molar-refractivity contribution in [3.63, 3.8) is 0 Å². The molecule has 0 fully saturated rings. The van der Waals surface area contributed by atoms with E-state index in [0.29, 0.717) is 19.0 Å². The maximum Gasteiger partial charge on any atom is 0.227 e. The smallest absolute Gasteiger partial charge is 0.227 e. The van der Waals surface area contributed by atoms with Crippen LogP contribution in [0.25, 0.3) is 0 Å². The fourth-order valence-electron chi connectivity index (χ4n) is 2.31. The molecule has 1 rings (SSSR count). The second-order valence-corrected chi connectivity index (χ2v) is 6.63. The molecule has 0 heterocycles. The van der Waals surface area contributed by atoms with E-state index in [0.717, 1.165) is 6.42 Å². The van der Waals surface area contributed by atoms with Gasteiger partial charge in [-0.05, 0) is 45.2 Å². The number of rotatable bonds is 7. The van der Waals surface area contributed by atoms with Crippen LogP contribution in [0.1, 0.15) is 51.8 Å². The number of nitrogens with zero attached hydrogens (tertiary/aromatic N) is 1. The van der Waals surface area contributed by atoms with Gasteiger partial charge in [-0.1, -0.05) is 31.2 Å². The lowest BCUT2D eigenvalue weighted by molar-refractivity contribution is -0.128. The summed E-state index contributed by atoms with van der Waals surface area (Å²) in [5.41, 5.74) is 2.04. The zero-order chi connectivity index (χ0) is 18.2. The van der Waals surface area contributed by atoms with E-state index >= 15 is 0 Å². The Bertz CT molecular complexity index is 549. The SMILES string of the molecule is CCNC(=O)C(C)(C)CNC(=NC)NC(C)c1ccc(CC)cc1. The highest BCUT2D eigenvalue weighted by molar-refractivity contribution is 5.84. The predicted octanol–water partition coefficient (Wildman–Crippen LogP) is 2.64. The number of nitrogens with one attached hydrogen (secondary N) is 3. The molecule has 1 amide bonds. The number of benzene rings is 1. The average molecular weight is 332 g/mol. The number of amides is 1. The van der Waals surface area contributed by atoms with Crippen molar-refractivity contribution >= 4 is 11.9 Å². The van der Waals surface area contributed by atoms with E-state index < -0.39 is 5.41 Å². The summed E-state index contributed by atoms with van der Waals surface area (Å²) >= 11 is 0. The fraction of sp³-hybridized carbons (Fsp3) is 0.579. The highest BCUT2D eigenvalue weighted by Gasteiger charge is 2.27. The topological polar surface area (TPSA) is 65.5 Å². The fourth-order valence-corrected chi connectivity index (χ4v) is 2.31. The Morgan fingerprint density at radius 1 is 1.17 bits per heavy atom. The van der Waals surface area contributed by atoms with Crippen LogP contribution in [0.2, 0.25) is 0 Å². The third-order valence-electron chi connectivity index (χ3n) is 4.11. The summed E-state index contributed by atoms with van der Waals surface area (Å²) in [4.78, 5) is 16.3. The summed E-state index contributed by atoms with van der Waals surface area (Å²) in [5, 5.41) is 9.49. The quantitative estimate of drug-likeness (QED) is 0.531. The predicted molar refractivity (Wildman–Crippen MR) is 101 cm³/mol. The molecule has 0 radical (unpaired) electrons. The molecule has 1 unspecified atom stereocenters. The Morgan fingerprint density at radius 3 is 2.29 bits per heavy atom. The third-order valence-corrected chi connectivity index (χ3v) is 4.11. The van der Waals surface area contributed by atoms with Gasteiger partial charge in [0.2, 0.25) is 5.91 Å². The molecule has 1 aromatic rings. The van der Waals surface area contributed by atoms with Gasteiger partial charge >= 0.3 is 0 Å². The van der Waals surface area contributed by atoms with Crippen LogP contribution in [-0.2, 0) is 11.2 Å². The zero-order valence-electron chi connectivity index (χ0n) is 15.9. The van der Waals surface area contributed by atoms with Gasteiger partial charge in [-0.2, -0.15) is 0 Å². The molecule has 1 atom stereocenters. The summed E-state index contributed by atoms with van der Waals surface area (Å²) in [6, 6.07) is 8.73. The molecule has 3 N–H and O–H groups in total. The van der Waals surface area contributed by atoms with E-state index in [1.165, 1.54) is 11.1 Å². The number of aryl methyl sites for hydroxylation is 1. The molecule has 0 aliphatic heterocycles. The van der Waals surface area contributed by atoms with Gasteiger partial charge in [0, 0.05) is 20.1 Å². The number of hydrogen-bond acceptors (Lipinski definition) is 2. The summed E-state index contributed by atoms with van der Waals surface area (Å²) in [7, 11) is 1.74.